The minimum Gasteiger partial charge on any atom is -0.454 e. The summed E-state index contributed by atoms with van der Waals surface area (Å²) in [7, 11) is 0. The van der Waals surface area contributed by atoms with Crippen LogP contribution in [0, 0.1) is 5.92 Å². The van der Waals surface area contributed by atoms with Gasteiger partial charge in [-0.2, -0.15) is 0 Å². The molecule has 1 aromatic rings. The SMILES string of the molecule is CC1CN(Cc2ccc(C(=O)OCC(=O)C3CCCCC3)cc2)CC(C)O1. The summed E-state index contributed by atoms with van der Waals surface area (Å²) in [6.07, 6.45) is 5.76. The van der Waals surface area contributed by atoms with Gasteiger partial charge in [-0.05, 0) is 44.4 Å². The lowest BCUT2D eigenvalue weighted by molar-refractivity contribution is -0.126. The van der Waals surface area contributed by atoms with Gasteiger partial charge in [0.2, 0.25) is 0 Å². The van der Waals surface area contributed by atoms with Gasteiger partial charge in [0.1, 0.15) is 0 Å². The highest BCUT2D eigenvalue weighted by Crippen LogP contribution is 2.24. The van der Waals surface area contributed by atoms with E-state index in [0.717, 1.165) is 50.9 Å². The second-order valence-corrected chi connectivity index (χ2v) is 8.03. The third kappa shape index (κ3) is 5.88. The molecule has 148 valence electrons. The van der Waals surface area contributed by atoms with Crippen molar-refractivity contribution in [1.82, 2.24) is 4.90 Å². The highest BCUT2D eigenvalue weighted by Gasteiger charge is 2.23. The smallest absolute Gasteiger partial charge is 0.338 e. The van der Waals surface area contributed by atoms with Gasteiger partial charge in [0.05, 0.1) is 17.8 Å². The number of nitrogens with zero attached hydrogens (tertiary/aromatic N) is 1. The molecule has 0 spiro atoms. The molecule has 1 heterocycles. The third-order valence-electron chi connectivity index (χ3n) is 5.50. The van der Waals surface area contributed by atoms with Gasteiger partial charge in [-0.15, -0.1) is 0 Å². The molecule has 0 amide bonds. The number of hydrogen-bond acceptors (Lipinski definition) is 5. The Bertz CT molecular complexity index is 626. The van der Waals surface area contributed by atoms with E-state index >= 15 is 0 Å². The maximum Gasteiger partial charge on any atom is 0.338 e. The molecule has 2 atom stereocenters. The average molecular weight is 373 g/mol. The van der Waals surface area contributed by atoms with Crippen molar-refractivity contribution in [2.45, 2.75) is 64.7 Å². The topological polar surface area (TPSA) is 55.8 Å². The Morgan fingerprint density at radius 2 is 1.67 bits per heavy atom. The van der Waals surface area contributed by atoms with Crippen molar-refractivity contribution in [1.29, 1.82) is 0 Å². The number of carbonyl (C=O) groups is 2. The van der Waals surface area contributed by atoms with Crippen molar-refractivity contribution >= 4 is 11.8 Å². The lowest BCUT2D eigenvalue weighted by atomic mass is 9.86. The number of esters is 1. The lowest BCUT2D eigenvalue weighted by Crippen LogP contribution is -2.44. The van der Waals surface area contributed by atoms with Gasteiger partial charge in [0.15, 0.2) is 12.4 Å². The Kier molecular flexibility index (Phi) is 7.02. The van der Waals surface area contributed by atoms with Crippen LogP contribution in [0.1, 0.15) is 61.9 Å². The largest absolute Gasteiger partial charge is 0.454 e. The minimum atomic E-state index is -0.417. The number of benzene rings is 1. The molecule has 5 heteroatoms. The fourth-order valence-electron chi connectivity index (χ4n) is 4.18. The van der Waals surface area contributed by atoms with Crippen LogP contribution in [-0.4, -0.2) is 48.6 Å². The quantitative estimate of drug-likeness (QED) is 0.713. The number of rotatable bonds is 6. The Hall–Kier alpha value is -1.72. The van der Waals surface area contributed by atoms with Gasteiger partial charge in [-0.3, -0.25) is 9.69 Å². The number of morpholine rings is 1. The predicted molar refractivity (Wildman–Crippen MR) is 104 cm³/mol. The molecule has 1 aromatic carbocycles. The first-order valence-corrected chi connectivity index (χ1v) is 10.2. The van der Waals surface area contributed by atoms with E-state index < -0.39 is 5.97 Å². The van der Waals surface area contributed by atoms with Crippen LogP contribution in [0.3, 0.4) is 0 Å². The van der Waals surface area contributed by atoms with Gasteiger partial charge in [-0.25, -0.2) is 4.79 Å². The molecule has 0 bridgehead atoms. The van der Waals surface area contributed by atoms with E-state index in [1.54, 1.807) is 12.1 Å². The maximum atomic E-state index is 12.2. The monoisotopic (exact) mass is 373 g/mol. The highest BCUT2D eigenvalue weighted by atomic mass is 16.5. The number of hydrogen-bond donors (Lipinski definition) is 0. The lowest BCUT2D eigenvalue weighted by Gasteiger charge is -2.35. The standard InChI is InChI=1S/C22H31NO4/c1-16-12-23(13-17(2)27-16)14-18-8-10-20(11-9-18)22(25)26-15-21(24)19-6-4-3-5-7-19/h8-11,16-17,19H,3-7,12-15H2,1-2H3. The Morgan fingerprint density at radius 1 is 1.04 bits per heavy atom. The summed E-state index contributed by atoms with van der Waals surface area (Å²) in [5.74, 6) is -0.276. The normalized spacial score (nSPS) is 24.5. The molecule has 2 unspecified atom stereocenters. The van der Waals surface area contributed by atoms with Crippen molar-refractivity contribution in [3.05, 3.63) is 35.4 Å². The van der Waals surface area contributed by atoms with Gasteiger partial charge in [0, 0.05) is 25.6 Å². The zero-order valence-electron chi connectivity index (χ0n) is 16.5. The second-order valence-electron chi connectivity index (χ2n) is 8.03. The molecule has 0 aromatic heterocycles. The van der Waals surface area contributed by atoms with Crippen molar-refractivity contribution < 1.29 is 19.1 Å². The van der Waals surface area contributed by atoms with Crippen molar-refractivity contribution in [2.75, 3.05) is 19.7 Å². The molecule has 1 aliphatic carbocycles. The molecular formula is C22H31NO4. The molecule has 0 radical (unpaired) electrons. The van der Waals surface area contributed by atoms with Crippen LogP contribution in [-0.2, 0) is 20.8 Å². The summed E-state index contributed by atoms with van der Waals surface area (Å²) in [6, 6.07) is 7.50. The van der Waals surface area contributed by atoms with Crippen LogP contribution >= 0.6 is 0 Å². The molecule has 2 aliphatic rings. The highest BCUT2D eigenvalue weighted by molar-refractivity contribution is 5.92. The molecule has 3 rings (SSSR count). The van der Waals surface area contributed by atoms with Crippen LogP contribution < -0.4 is 0 Å². The molecule has 1 saturated carbocycles. The summed E-state index contributed by atoms with van der Waals surface area (Å²) < 4.78 is 11.0. The Labute approximate surface area is 162 Å². The van der Waals surface area contributed by atoms with Gasteiger partial charge >= 0.3 is 5.97 Å². The van der Waals surface area contributed by atoms with E-state index in [1.807, 2.05) is 12.1 Å². The molecule has 2 fully saturated rings. The van der Waals surface area contributed by atoms with E-state index in [9.17, 15) is 9.59 Å². The number of ketones is 1. The van der Waals surface area contributed by atoms with Crippen molar-refractivity contribution in [3.63, 3.8) is 0 Å². The maximum absolute atomic E-state index is 12.2. The van der Waals surface area contributed by atoms with Crippen LogP contribution in [0.4, 0.5) is 0 Å². The summed E-state index contributed by atoms with van der Waals surface area (Å²) in [5, 5.41) is 0. The summed E-state index contributed by atoms with van der Waals surface area (Å²) in [4.78, 5) is 26.8. The fraction of sp³-hybridized carbons (Fsp3) is 0.636. The van der Waals surface area contributed by atoms with E-state index in [4.69, 9.17) is 9.47 Å². The Morgan fingerprint density at radius 3 is 2.30 bits per heavy atom. The number of Topliss-reactive ketones (excluding diaryl/α,β-unsaturated/α-hetero) is 1. The minimum absolute atomic E-state index is 0.0650. The van der Waals surface area contributed by atoms with E-state index in [1.165, 1.54) is 6.42 Å². The first-order valence-electron chi connectivity index (χ1n) is 10.2. The van der Waals surface area contributed by atoms with Crippen LogP contribution in [0.2, 0.25) is 0 Å². The third-order valence-corrected chi connectivity index (χ3v) is 5.50. The first kappa shape index (κ1) is 20.0. The second kappa shape index (κ2) is 9.47. The van der Waals surface area contributed by atoms with Crippen molar-refractivity contribution in [2.24, 2.45) is 5.92 Å². The van der Waals surface area contributed by atoms with Crippen LogP contribution in [0.25, 0.3) is 0 Å². The zero-order valence-corrected chi connectivity index (χ0v) is 16.5. The van der Waals surface area contributed by atoms with E-state index in [2.05, 4.69) is 18.7 Å². The molecule has 1 aliphatic heterocycles. The van der Waals surface area contributed by atoms with Gasteiger partial charge in [0.25, 0.3) is 0 Å². The van der Waals surface area contributed by atoms with Gasteiger partial charge in [-0.1, -0.05) is 31.4 Å². The van der Waals surface area contributed by atoms with Gasteiger partial charge < -0.3 is 9.47 Å². The zero-order chi connectivity index (χ0) is 19.2. The fourth-order valence-corrected chi connectivity index (χ4v) is 4.18. The van der Waals surface area contributed by atoms with E-state index in [0.29, 0.717) is 5.56 Å². The summed E-state index contributed by atoms with van der Waals surface area (Å²) >= 11 is 0. The number of carbonyl (C=O) groups excluding carboxylic acids is 2. The first-order chi connectivity index (χ1) is 13.0. The molecule has 1 saturated heterocycles. The van der Waals surface area contributed by atoms with E-state index in [-0.39, 0.29) is 30.5 Å². The van der Waals surface area contributed by atoms with Crippen LogP contribution in [0.5, 0.6) is 0 Å². The Balaban J connectivity index is 1.47. The van der Waals surface area contributed by atoms with Crippen molar-refractivity contribution in [3.8, 4) is 0 Å². The molecule has 0 N–H and O–H groups in total. The molecule has 5 nitrogen and oxygen atoms in total. The number of ether oxygens (including phenoxy) is 2. The predicted octanol–water partition coefficient (Wildman–Crippen LogP) is 3.60. The average Bonchev–Trinajstić information content (AvgIpc) is 2.66. The van der Waals surface area contributed by atoms with Crippen LogP contribution in [0.15, 0.2) is 24.3 Å². The molecular weight excluding hydrogens is 342 g/mol. The summed E-state index contributed by atoms with van der Waals surface area (Å²) in [5.41, 5.74) is 1.66. The summed E-state index contributed by atoms with van der Waals surface area (Å²) in [6.45, 7) is 6.75. The molecule has 27 heavy (non-hydrogen) atoms.